The topological polar surface area (TPSA) is 68.2 Å². The van der Waals surface area contributed by atoms with E-state index in [1.165, 1.54) is 12.1 Å². The molecule has 0 aliphatic carbocycles. The number of carbonyl (C=O) groups is 1. The van der Waals surface area contributed by atoms with Gasteiger partial charge in [0.2, 0.25) is 5.91 Å². The molecule has 0 bridgehead atoms. The van der Waals surface area contributed by atoms with Crippen molar-refractivity contribution in [1.82, 2.24) is 10.2 Å². The maximum absolute atomic E-state index is 13.1. The minimum atomic E-state index is -4.48. The number of nitriles is 1. The van der Waals surface area contributed by atoms with Gasteiger partial charge in [-0.3, -0.25) is 9.69 Å². The highest BCUT2D eigenvalue weighted by molar-refractivity contribution is 5.77. The first kappa shape index (κ1) is 18.1. The van der Waals surface area contributed by atoms with Crippen LogP contribution in [-0.2, 0) is 11.0 Å². The van der Waals surface area contributed by atoms with Crippen molar-refractivity contribution in [2.24, 2.45) is 0 Å². The Morgan fingerprint density at radius 2 is 2.04 bits per heavy atom. The highest BCUT2D eigenvalue weighted by Gasteiger charge is 2.34. The Bertz CT molecular complexity index is 631. The van der Waals surface area contributed by atoms with Crippen LogP contribution in [0.3, 0.4) is 0 Å². The number of piperidine rings is 1. The van der Waals surface area contributed by atoms with E-state index in [2.05, 4.69) is 10.6 Å². The summed E-state index contributed by atoms with van der Waals surface area (Å²) in [6, 6.07) is 5.07. The van der Waals surface area contributed by atoms with E-state index < -0.39 is 11.7 Å². The van der Waals surface area contributed by atoms with E-state index in [-0.39, 0.29) is 23.2 Å². The molecule has 0 spiro atoms. The molecule has 0 saturated carbocycles. The predicted molar refractivity (Wildman–Crippen MR) is 83.3 cm³/mol. The fourth-order valence-corrected chi connectivity index (χ4v) is 2.72. The minimum Gasteiger partial charge on any atom is -0.382 e. The van der Waals surface area contributed by atoms with Crippen LogP contribution < -0.4 is 10.6 Å². The highest BCUT2D eigenvalue weighted by Crippen LogP contribution is 2.36. The lowest BCUT2D eigenvalue weighted by atomic mass is 10.0. The van der Waals surface area contributed by atoms with Gasteiger partial charge in [0.05, 0.1) is 23.7 Å². The Hall–Kier alpha value is -2.27. The number of halogens is 3. The molecule has 1 aromatic carbocycles. The van der Waals surface area contributed by atoms with Gasteiger partial charge in [-0.05, 0) is 31.0 Å². The molecule has 1 aliphatic rings. The third-order valence-corrected chi connectivity index (χ3v) is 4.05. The molecule has 130 valence electrons. The van der Waals surface area contributed by atoms with E-state index in [4.69, 9.17) is 5.26 Å². The van der Waals surface area contributed by atoms with Gasteiger partial charge in [0.1, 0.15) is 0 Å². The molecule has 1 aliphatic heterocycles. The van der Waals surface area contributed by atoms with Crippen molar-refractivity contribution >= 4 is 11.6 Å². The number of amides is 1. The number of carbonyl (C=O) groups excluding carboxylic acids is 1. The van der Waals surface area contributed by atoms with Gasteiger partial charge in [0.15, 0.2) is 0 Å². The second-order valence-corrected chi connectivity index (χ2v) is 5.74. The molecule has 0 atom stereocenters. The molecule has 5 nitrogen and oxygen atoms in total. The number of rotatable bonds is 4. The third-order valence-electron chi connectivity index (χ3n) is 4.05. The first-order chi connectivity index (χ1) is 11.3. The molecule has 2 N–H and O–H groups in total. The molecule has 0 radical (unpaired) electrons. The zero-order chi connectivity index (χ0) is 17.7. The average molecular weight is 340 g/mol. The van der Waals surface area contributed by atoms with E-state index in [9.17, 15) is 18.0 Å². The van der Waals surface area contributed by atoms with E-state index in [1.54, 1.807) is 7.05 Å². The zero-order valence-electron chi connectivity index (χ0n) is 13.3. The summed E-state index contributed by atoms with van der Waals surface area (Å²) in [6.07, 6.45) is -3.22. The van der Waals surface area contributed by atoms with Crippen LogP contribution in [0.5, 0.6) is 0 Å². The molecule has 8 heteroatoms. The summed E-state index contributed by atoms with van der Waals surface area (Å²) in [6.45, 7) is 1.55. The molecule has 1 fully saturated rings. The first-order valence-electron chi connectivity index (χ1n) is 7.64. The summed E-state index contributed by atoms with van der Waals surface area (Å²) in [7, 11) is 1.57. The molecule has 0 unspecified atom stereocenters. The van der Waals surface area contributed by atoms with Gasteiger partial charge >= 0.3 is 6.18 Å². The normalized spacial score (nSPS) is 16.5. The Morgan fingerprint density at radius 1 is 1.38 bits per heavy atom. The monoisotopic (exact) mass is 340 g/mol. The van der Waals surface area contributed by atoms with Crippen LogP contribution in [0.4, 0.5) is 18.9 Å². The lowest BCUT2D eigenvalue weighted by Gasteiger charge is -2.32. The molecule has 1 aromatic rings. The number of hydrogen-bond donors (Lipinski definition) is 2. The smallest absolute Gasteiger partial charge is 0.382 e. The molecular weight excluding hydrogens is 321 g/mol. The molecule has 1 saturated heterocycles. The van der Waals surface area contributed by atoms with Crippen molar-refractivity contribution < 1.29 is 18.0 Å². The zero-order valence-corrected chi connectivity index (χ0v) is 13.3. The number of benzene rings is 1. The highest BCUT2D eigenvalue weighted by atomic mass is 19.4. The lowest BCUT2D eigenvalue weighted by Crippen LogP contribution is -2.43. The molecule has 24 heavy (non-hydrogen) atoms. The van der Waals surface area contributed by atoms with Gasteiger partial charge in [-0.15, -0.1) is 0 Å². The third kappa shape index (κ3) is 4.61. The van der Waals surface area contributed by atoms with Gasteiger partial charge < -0.3 is 10.6 Å². The quantitative estimate of drug-likeness (QED) is 0.882. The van der Waals surface area contributed by atoms with E-state index in [1.807, 2.05) is 11.0 Å². The predicted octanol–water partition coefficient (Wildman–Crippen LogP) is 2.20. The van der Waals surface area contributed by atoms with Crippen LogP contribution in [0.2, 0.25) is 0 Å². The largest absolute Gasteiger partial charge is 0.418 e. The Labute approximate surface area is 138 Å². The number of likely N-dealkylation sites (N-methyl/N-ethyl adjacent to an activating group) is 1. The van der Waals surface area contributed by atoms with Gasteiger partial charge in [-0.25, -0.2) is 0 Å². The van der Waals surface area contributed by atoms with Crippen molar-refractivity contribution in [1.29, 1.82) is 5.26 Å². The number of alkyl halides is 3. The van der Waals surface area contributed by atoms with Crippen LogP contribution in [-0.4, -0.2) is 43.5 Å². The van der Waals surface area contributed by atoms with Crippen molar-refractivity contribution in [3.05, 3.63) is 29.3 Å². The first-order valence-corrected chi connectivity index (χ1v) is 7.64. The second kappa shape index (κ2) is 7.53. The fraction of sp³-hybridized carbons (Fsp3) is 0.500. The van der Waals surface area contributed by atoms with Crippen LogP contribution >= 0.6 is 0 Å². The number of nitrogens with one attached hydrogen (secondary N) is 2. The van der Waals surface area contributed by atoms with Crippen LogP contribution in [0.15, 0.2) is 18.2 Å². The molecule has 1 heterocycles. The summed E-state index contributed by atoms with van der Waals surface area (Å²) in [5, 5.41) is 14.4. The lowest BCUT2D eigenvalue weighted by molar-refractivity contribution is -0.137. The maximum atomic E-state index is 13.1. The Balaban J connectivity index is 2.04. The van der Waals surface area contributed by atoms with Crippen molar-refractivity contribution in [2.45, 2.75) is 25.1 Å². The fourth-order valence-electron chi connectivity index (χ4n) is 2.72. The standard InChI is InChI=1S/C16H19F3N4O/c1-21-15(24)10-23-6-4-12(5-7-23)22-14-8-11(9-20)2-3-13(14)16(17,18)19/h2-3,8,12,22H,4-7,10H2,1H3,(H,21,24). The van der Waals surface area contributed by atoms with E-state index in [0.717, 1.165) is 6.07 Å². The van der Waals surface area contributed by atoms with Crippen LogP contribution in [0, 0.1) is 11.3 Å². The SMILES string of the molecule is CNC(=O)CN1CCC(Nc2cc(C#N)ccc2C(F)(F)F)CC1. The van der Waals surface area contributed by atoms with Gasteiger partial charge in [0.25, 0.3) is 0 Å². The molecule has 1 amide bonds. The minimum absolute atomic E-state index is 0.0636. The molecule has 0 aromatic heterocycles. The van der Waals surface area contributed by atoms with Gasteiger partial charge in [0, 0.05) is 31.9 Å². The average Bonchev–Trinajstić information content (AvgIpc) is 2.55. The number of anilines is 1. The van der Waals surface area contributed by atoms with Crippen molar-refractivity contribution in [3.8, 4) is 6.07 Å². The Morgan fingerprint density at radius 3 is 2.58 bits per heavy atom. The number of likely N-dealkylation sites (tertiary alicyclic amines) is 1. The van der Waals surface area contributed by atoms with Gasteiger partial charge in [-0.1, -0.05) is 0 Å². The number of hydrogen-bond acceptors (Lipinski definition) is 4. The molecular formula is C16H19F3N4O. The second-order valence-electron chi connectivity index (χ2n) is 5.74. The van der Waals surface area contributed by atoms with Crippen LogP contribution in [0.1, 0.15) is 24.0 Å². The van der Waals surface area contributed by atoms with E-state index in [0.29, 0.717) is 32.5 Å². The summed E-state index contributed by atoms with van der Waals surface area (Å²) in [4.78, 5) is 13.3. The number of nitrogens with zero attached hydrogens (tertiary/aromatic N) is 2. The van der Waals surface area contributed by atoms with Crippen molar-refractivity contribution in [3.63, 3.8) is 0 Å². The maximum Gasteiger partial charge on any atom is 0.418 e. The Kier molecular flexibility index (Phi) is 5.67. The van der Waals surface area contributed by atoms with Gasteiger partial charge in [-0.2, -0.15) is 18.4 Å². The summed E-state index contributed by atoms with van der Waals surface area (Å²) in [5.74, 6) is -0.0810. The summed E-state index contributed by atoms with van der Waals surface area (Å²) < 4.78 is 39.3. The van der Waals surface area contributed by atoms with Crippen molar-refractivity contribution in [2.75, 3.05) is 32.0 Å². The molecule has 2 rings (SSSR count). The van der Waals surface area contributed by atoms with Crippen LogP contribution in [0.25, 0.3) is 0 Å². The van der Waals surface area contributed by atoms with E-state index >= 15 is 0 Å². The summed E-state index contributed by atoms with van der Waals surface area (Å²) in [5.41, 5.74) is -0.650. The summed E-state index contributed by atoms with van der Waals surface area (Å²) >= 11 is 0.